The van der Waals surface area contributed by atoms with E-state index in [4.69, 9.17) is 4.74 Å². The number of carbonyl (C=O) groups excluding carboxylic acids is 1. The summed E-state index contributed by atoms with van der Waals surface area (Å²) in [5, 5.41) is 14.9. The number of nitro groups is 1. The van der Waals surface area contributed by atoms with Crippen LogP contribution in [0.25, 0.3) is 16.9 Å². The molecule has 0 amide bonds. The molecule has 2 aromatic heterocycles. The summed E-state index contributed by atoms with van der Waals surface area (Å²) in [5.74, 6) is -0.793. The van der Waals surface area contributed by atoms with Crippen molar-refractivity contribution >= 4 is 17.3 Å². The number of hydrogen-bond donors (Lipinski definition) is 0. The smallest absolute Gasteiger partial charge is 0.417 e. The minimum atomic E-state index is -4.59. The molecule has 0 atom stereocenters. The van der Waals surface area contributed by atoms with Gasteiger partial charge in [0, 0.05) is 23.9 Å². The van der Waals surface area contributed by atoms with Crippen LogP contribution in [-0.4, -0.2) is 25.5 Å². The van der Waals surface area contributed by atoms with Gasteiger partial charge < -0.3 is 4.74 Å². The van der Waals surface area contributed by atoms with Crippen LogP contribution in [0, 0.1) is 17.0 Å². The molecule has 8 nitrogen and oxygen atoms in total. The summed E-state index contributed by atoms with van der Waals surface area (Å²) in [7, 11) is 0. The van der Waals surface area contributed by atoms with E-state index in [0.717, 1.165) is 6.07 Å². The van der Waals surface area contributed by atoms with Crippen molar-refractivity contribution in [1.82, 2.24) is 14.6 Å². The number of non-ortho nitro benzene ring substituents is 1. The van der Waals surface area contributed by atoms with Gasteiger partial charge in [0.2, 0.25) is 0 Å². The van der Waals surface area contributed by atoms with Gasteiger partial charge in [-0.3, -0.25) is 10.1 Å². The molecule has 162 valence electrons. The number of alkyl halides is 3. The lowest BCUT2D eigenvalue weighted by Gasteiger charge is -2.12. The summed E-state index contributed by atoms with van der Waals surface area (Å²) in [6, 6.07) is 11.2. The Bertz CT molecular complexity index is 1350. The van der Waals surface area contributed by atoms with Crippen molar-refractivity contribution in [3.63, 3.8) is 0 Å². The third kappa shape index (κ3) is 3.87. The molecule has 0 fully saturated rings. The van der Waals surface area contributed by atoms with E-state index in [1.807, 2.05) is 0 Å². The number of rotatable bonds is 4. The van der Waals surface area contributed by atoms with Gasteiger partial charge in [-0.05, 0) is 31.2 Å². The average Bonchev–Trinajstić information content (AvgIpc) is 3.08. The first-order chi connectivity index (χ1) is 15.1. The van der Waals surface area contributed by atoms with Gasteiger partial charge >= 0.3 is 12.1 Å². The zero-order valence-corrected chi connectivity index (χ0v) is 16.3. The highest BCUT2D eigenvalue weighted by Gasteiger charge is 2.34. The van der Waals surface area contributed by atoms with Crippen molar-refractivity contribution in [2.75, 3.05) is 0 Å². The molecule has 0 aliphatic rings. The van der Waals surface area contributed by atoms with E-state index in [0.29, 0.717) is 0 Å². The van der Waals surface area contributed by atoms with E-state index in [2.05, 4.69) is 10.1 Å². The van der Waals surface area contributed by atoms with Crippen LogP contribution in [0.1, 0.15) is 21.6 Å². The number of aromatic nitrogens is 3. The van der Waals surface area contributed by atoms with Crippen LogP contribution < -0.4 is 4.74 Å². The standard InChI is InChI=1S/C21H13F3N4O4/c1-12-18(20(29)32-14-8-6-13(7-9-14)28(30)31)19-25-17(10-11-27(19)26-12)15-4-2-3-5-16(15)21(22,23)24/h2-11H,1H3. The topological polar surface area (TPSA) is 99.6 Å². The van der Waals surface area contributed by atoms with Gasteiger partial charge in [0.1, 0.15) is 11.3 Å². The van der Waals surface area contributed by atoms with Crippen LogP contribution >= 0.6 is 0 Å². The lowest BCUT2D eigenvalue weighted by Crippen LogP contribution is -2.11. The van der Waals surface area contributed by atoms with Gasteiger partial charge in [-0.1, -0.05) is 18.2 Å². The predicted molar refractivity (Wildman–Crippen MR) is 106 cm³/mol. The third-order valence-electron chi connectivity index (χ3n) is 4.63. The highest BCUT2D eigenvalue weighted by molar-refractivity contribution is 5.98. The largest absolute Gasteiger partial charge is 0.423 e. The molecule has 0 N–H and O–H groups in total. The molecular weight excluding hydrogens is 429 g/mol. The Labute approximate surface area is 178 Å². The summed E-state index contributed by atoms with van der Waals surface area (Å²) in [6.45, 7) is 1.53. The van der Waals surface area contributed by atoms with E-state index in [-0.39, 0.29) is 39.6 Å². The first-order valence-electron chi connectivity index (χ1n) is 9.14. The Balaban J connectivity index is 1.74. The molecule has 0 saturated heterocycles. The van der Waals surface area contributed by atoms with Crippen LogP contribution in [0.5, 0.6) is 5.75 Å². The molecule has 4 rings (SSSR count). The van der Waals surface area contributed by atoms with E-state index >= 15 is 0 Å². The highest BCUT2D eigenvalue weighted by Crippen LogP contribution is 2.36. The average molecular weight is 442 g/mol. The fourth-order valence-electron chi connectivity index (χ4n) is 3.18. The van der Waals surface area contributed by atoms with Crippen LogP contribution in [0.4, 0.5) is 18.9 Å². The molecule has 0 unspecified atom stereocenters. The van der Waals surface area contributed by atoms with E-state index in [1.54, 1.807) is 0 Å². The van der Waals surface area contributed by atoms with Crippen molar-refractivity contribution in [2.24, 2.45) is 0 Å². The lowest BCUT2D eigenvalue weighted by molar-refractivity contribution is -0.384. The highest BCUT2D eigenvalue weighted by atomic mass is 19.4. The van der Waals surface area contributed by atoms with E-state index in [9.17, 15) is 28.1 Å². The van der Waals surface area contributed by atoms with Crippen molar-refractivity contribution < 1.29 is 27.6 Å². The maximum atomic E-state index is 13.4. The molecule has 0 bridgehead atoms. The lowest BCUT2D eigenvalue weighted by atomic mass is 10.0. The predicted octanol–water partition coefficient (Wildman–Crippen LogP) is 4.85. The number of nitro benzene ring substituents is 1. The Hall–Kier alpha value is -4.28. The normalized spacial score (nSPS) is 11.5. The van der Waals surface area contributed by atoms with Crippen LogP contribution in [-0.2, 0) is 6.18 Å². The summed E-state index contributed by atoms with van der Waals surface area (Å²) in [6.07, 6.45) is -3.18. The number of halogens is 3. The van der Waals surface area contributed by atoms with Crippen LogP contribution in [0.2, 0.25) is 0 Å². The maximum Gasteiger partial charge on any atom is 0.417 e. The Morgan fingerprint density at radius 2 is 1.78 bits per heavy atom. The van der Waals surface area contributed by atoms with Gasteiger partial charge in [0.05, 0.1) is 21.9 Å². The van der Waals surface area contributed by atoms with Crippen molar-refractivity contribution in [2.45, 2.75) is 13.1 Å². The molecular formula is C21H13F3N4O4. The van der Waals surface area contributed by atoms with Gasteiger partial charge in [-0.15, -0.1) is 0 Å². The molecule has 2 heterocycles. The quantitative estimate of drug-likeness (QED) is 0.194. The number of esters is 1. The minimum absolute atomic E-state index is 0.00899. The number of ether oxygens (including phenoxy) is 1. The first-order valence-corrected chi connectivity index (χ1v) is 9.14. The van der Waals surface area contributed by atoms with Crippen molar-refractivity contribution in [3.05, 3.63) is 87.7 Å². The summed E-state index contributed by atoms with van der Waals surface area (Å²) in [5.41, 5.74) is -0.926. The minimum Gasteiger partial charge on any atom is -0.423 e. The van der Waals surface area contributed by atoms with Gasteiger partial charge in [-0.25, -0.2) is 14.3 Å². The number of benzene rings is 2. The van der Waals surface area contributed by atoms with E-state index < -0.39 is 22.6 Å². The SMILES string of the molecule is Cc1nn2ccc(-c3ccccc3C(F)(F)F)nc2c1C(=O)Oc1ccc([N+](=O)[O-])cc1. The van der Waals surface area contributed by atoms with Gasteiger partial charge in [0.15, 0.2) is 5.65 Å². The van der Waals surface area contributed by atoms with Crippen LogP contribution in [0.15, 0.2) is 60.8 Å². The third-order valence-corrected chi connectivity index (χ3v) is 4.63. The molecule has 2 aromatic carbocycles. The summed E-state index contributed by atoms with van der Waals surface area (Å²) < 4.78 is 46.8. The molecule has 0 aliphatic heterocycles. The number of carbonyl (C=O) groups is 1. The molecule has 0 spiro atoms. The second kappa shape index (κ2) is 7.76. The molecule has 0 saturated carbocycles. The number of hydrogen-bond acceptors (Lipinski definition) is 6. The Morgan fingerprint density at radius 3 is 2.44 bits per heavy atom. The van der Waals surface area contributed by atoms with Crippen molar-refractivity contribution in [3.8, 4) is 17.0 Å². The molecule has 32 heavy (non-hydrogen) atoms. The number of nitrogens with zero attached hydrogens (tertiary/aromatic N) is 4. The summed E-state index contributed by atoms with van der Waals surface area (Å²) >= 11 is 0. The monoisotopic (exact) mass is 442 g/mol. The number of aryl methyl sites for hydroxylation is 1. The maximum absolute atomic E-state index is 13.4. The number of fused-ring (bicyclic) bond motifs is 1. The van der Waals surface area contributed by atoms with E-state index in [1.165, 1.54) is 66.2 Å². The van der Waals surface area contributed by atoms with Gasteiger partial charge in [-0.2, -0.15) is 18.3 Å². The van der Waals surface area contributed by atoms with Crippen molar-refractivity contribution in [1.29, 1.82) is 0 Å². The van der Waals surface area contributed by atoms with Gasteiger partial charge in [0.25, 0.3) is 5.69 Å². The molecule has 11 heteroatoms. The fraction of sp³-hybridized carbons (Fsp3) is 0.0952. The Morgan fingerprint density at radius 1 is 1.09 bits per heavy atom. The first kappa shape index (κ1) is 21.0. The zero-order valence-electron chi connectivity index (χ0n) is 16.3. The van der Waals surface area contributed by atoms with Crippen LogP contribution in [0.3, 0.4) is 0 Å². The zero-order chi connectivity index (χ0) is 23.0. The second-order valence-electron chi connectivity index (χ2n) is 6.73. The molecule has 0 radical (unpaired) electrons. The molecule has 4 aromatic rings. The second-order valence-corrected chi connectivity index (χ2v) is 6.73. The fourth-order valence-corrected chi connectivity index (χ4v) is 3.18. The summed E-state index contributed by atoms with van der Waals surface area (Å²) in [4.78, 5) is 27.2. The Kier molecular flexibility index (Phi) is 5.09. The molecule has 0 aliphatic carbocycles.